The minimum Gasteiger partial charge on any atom is -0.396 e. The fourth-order valence-corrected chi connectivity index (χ4v) is 4.09. The Labute approximate surface area is 118 Å². The van der Waals surface area contributed by atoms with Crippen LogP contribution in [0.2, 0.25) is 0 Å². The van der Waals surface area contributed by atoms with Crippen molar-refractivity contribution in [3.8, 4) is 0 Å². The van der Waals surface area contributed by atoms with E-state index in [1.807, 2.05) is 0 Å². The van der Waals surface area contributed by atoms with Crippen molar-refractivity contribution in [1.82, 2.24) is 4.90 Å². The summed E-state index contributed by atoms with van der Waals surface area (Å²) in [6.07, 6.45) is 11.7. The number of aliphatic hydroxyl groups excluding tert-OH is 1. The Bertz CT molecular complexity index is 247. The van der Waals surface area contributed by atoms with E-state index in [0.717, 1.165) is 13.0 Å². The van der Waals surface area contributed by atoms with Crippen LogP contribution in [0.15, 0.2) is 0 Å². The van der Waals surface area contributed by atoms with E-state index in [9.17, 15) is 0 Å². The third kappa shape index (κ3) is 4.44. The molecule has 2 fully saturated rings. The average molecular weight is 268 g/mol. The third-order valence-corrected chi connectivity index (χ3v) is 5.30. The molecule has 2 rings (SSSR count). The van der Waals surface area contributed by atoms with Crippen molar-refractivity contribution in [2.45, 2.75) is 57.8 Å². The van der Waals surface area contributed by atoms with Gasteiger partial charge in [0.25, 0.3) is 0 Å². The molecule has 0 bridgehead atoms. The first-order chi connectivity index (χ1) is 9.28. The molecule has 19 heavy (non-hydrogen) atoms. The molecule has 1 saturated heterocycles. The predicted octanol–water partition coefficient (Wildman–Crippen LogP) is 2.38. The van der Waals surface area contributed by atoms with Crippen LogP contribution in [0, 0.1) is 11.3 Å². The molecule has 0 aromatic carbocycles. The Morgan fingerprint density at radius 3 is 2.47 bits per heavy atom. The molecule has 1 aliphatic carbocycles. The molecule has 0 aromatic rings. The lowest BCUT2D eigenvalue weighted by Crippen LogP contribution is -2.46. The van der Waals surface area contributed by atoms with Gasteiger partial charge in [0.15, 0.2) is 0 Å². The van der Waals surface area contributed by atoms with Gasteiger partial charge in [-0.25, -0.2) is 0 Å². The van der Waals surface area contributed by atoms with E-state index < -0.39 is 0 Å². The van der Waals surface area contributed by atoms with Crippen LogP contribution in [-0.4, -0.2) is 42.8 Å². The lowest BCUT2D eigenvalue weighted by molar-refractivity contribution is 0.0862. The summed E-state index contributed by atoms with van der Waals surface area (Å²) in [5, 5.41) is 9.12. The van der Waals surface area contributed by atoms with E-state index in [-0.39, 0.29) is 0 Å². The van der Waals surface area contributed by atoms with Crippen LogP contribution in [-0.2, 0) is 0 Å². The molecular weight excluding hydrogens is 236 g/mol. The molecule has 1 saturated carbocycles. The zero-order chi connectivity index (χ0) is 13.6. The molecule has 1 aliphatic heterocycles. The summed E-state index contributed by atoms with van der Waals surface area (Å²) < 4.78 is 0. The number of nitrogens with two attached hydrogens (primary N) is 1. The fourth-order valence-electron chi connectivity index (χ4n) is 4.09. The summed E-state index contributed by atoms with van der Waals surface area (Å²) in [6, 6.07) is 0. The molecule has 0 amide bonds. The molecule has 1 heterocycles. The van der Waals surface area contributed by atoms with E-state index in [1.165, 1.54) is 71.0 Å². The van der Waals surface area contributed by atoms with Gasteiger partial charge in [0.05, 0.1) is 0 Å². The van der Waals surface area contributed by atoms with Gasteiger partial charge in [-0.2, -0.15) is 0 Å². The van der Waals surface area contributed by atoms with Crippen molar-refractivity contribution in [3.05, 3.63) is 0 Å². The van der Waals surface area contributed by atoms with Gasteiger partial charge in [0.1, 0.15) is 0 Å². The maximum absolute atomic E-state index is 9.12. The Morgan fingerprint density at radius 1 is 1.11 bits per heavy atom. The van der Waals surface area contributed by atoms with E-state index >= 15 is 0 Å². The fraction of sp³-hybridized carbons (Fsp3) is 1.00. The predicted molar refractivity (Wildman–Crippen MR) is 80.1 cm³/mol. The van der Waals surface area contributed by atoms with E-state index in [1.54, 1.807) is 0 Å². The molecule has 112 valence electrons. The normalized spacial score (nSPS) is 29.1. The minimum absolute atomic E-state index is 0.348. The first-order valence-electron chi connectivity index (χ1n) is 8.31. The molecule has 0 aromatic heterocycles. The molecule has 1 unspecified atom stereocenters. The van der Waals surface area contributed by atoms with Crippen LogP contribution in [0.25, 0.3) is 0 Å². The van der Waals surface area contributed by atoms with Crippen LogP contribution < -0.4 is 5.73 Å². The molecule has 3 heteroatoms. The Kier molecular flexibility index (Phi) is 6.11. The summed E-state index contributed by atoms with van der Waals surface area (Å²) in [5.74, 6) is 0.708. The van der Waals surface area contributed by atoms with Crippen molar-refractivity contribution < 1.29 is 5.11 Å². The summed E-state index contributed by atoms with van der Waals surface area (Å²) in [5.41, 5.74) is 6.54. The summed E-state index contributed by atoms with van der Waals surface area (Å²) in [6.45, 7) is 4.83. The molecule has 0 spiro atoms. The second-order valence-electron chi connectivity index (χ2n) is 6.87. The minimum atomic E-state index is 0.348. The van der Waals surface area contributed by atoms with Gasteiger partial charge in [0, 0.05) is 19.7 Å². The summed E-state index contributed by atoms with van der Waals surface area (Å²) in [7, 11) is 0. The van der Waals surface area contributed by atoms with Gasteiger partial charge < -0.3 is 15.7 Å². The lowest BCUT2D eigenvalue weighted by atomic mass is 9.79. The summed E-state index contributed by atoms with van der Waals surface area (Å²) >= 11 is 0. The molecule has 3 N–H and O–H groups in total. The number of likely N-dealkylation sites (tertiary alicyclic amines) is 1. The highest BCUT2D eigenvalue weighted by molar-refractivity contribution is 4.87. The number of piperidine rings is 1. The quantitative estimate of drug-likeness (QED) is 0.753. The third-order valence-electron chi connectivity index (χ3n) is 5.30. The smallest absolute Gasteiger partial charge is 0.0434 e. The first-order valence-corrected chi connectivity index (χ1v) is 8.31. The standard InChI is InChI=1S/C16H32N2O/c17-13-16(8-3-1-2-4-9-16)14-18-10-5-6-15(12-18)7-11-19/h15,19H,1-14,17H2. The Hall–Kier alpha value is -0.120. The van der Waals surface area contributed by atoms with Gasteiger partial charge in [0.2, 0.25) is 0 Å². The van der Waals surface area contributed by atoms with Gasteiger partial charge in [-0.05, 0) is 56.5 Å². The van der Waals surface area contributed by atoms with Gasteiger partial charge in [-0.1, -0.05) is 25.7 Å². The zero-order valence-electron chi connectivity index (χ0n) is 12.4. The lowest BCUT2D eigenvalue weighted by Gasteiger charge is -2.41. The van der Waals surface area contributed by atoms with Crippen molar-refractivity contribution in [2.24, 2.45) is 17.1 Å². The molecule has 2 aliphatic rings. The number of aliphatic hydroxyl groups is 1. The van der Waals surface area contributed by atoms with Crippen LogP contribution in [0.4, 0.5) is 0 Å². The second kappa shape index (κ2) is 7.61. The van der Waals surface area contributed by atoms with Gasteiger partial charge in [-0.3, -0.25) is 0 Å². The Balaban J connectivity index is 1.89. The van der Waals surface area contributed by atoms with Gasteiger partial charge in [-0.15, -0.1) is 0 Å². The van der Waals surface area contributed by atoms with Crippen molar-refractivity contribution in [3.63, 3.8) is 0 Å². The maximum Gasteiger partial charge on any atom is 0.0434 e. The summed E-state index contributed by atoms with van der Waals surface area (Å²) in [4.78, 5) is 2.64. The zero-order valence-corrected chi connectivity index (χ0v) is 12.4. The topological polar surface area (TPSA) is 49.5 Å². The van der Waals surface area contributed by atoms with E-state index in [0.29, 0.717) is 17.9 Å². The largest absolute Gasteiger partial charge is 0.396 e. The highest BCUT2D eigenvalue weighted by Crippen LogP contribution is 2.36. The van der Waals surface area contributed by atoms with E-state index in [4.69, 9.17) is 10.8 Å². The van der Waals surface area contributed by atoms with Crippen LogP contribution in [0.5, 0.6) is 0 Å². The van der Waals surface area contributed by atoms with Crippen LogP contribution in [0.3, 0.4) is 0 Å². The number of nitrogens with zero attached hydrogens (tertiary/aromatic N) is 1. The number of hydrogen-bond donors (Lipinski definition) is 2. The molecule has 0 radical (unpaired) electrons. The number of hydrogen-bond acceptors (Lipinski definition) is 3. The highest BCUT2D eigenvalue weighted by atomic mass is 16.3. The molecular formula is C16H32N2O. The molecule has 3 nitrogen and oxygen atoms in total. The SMILES string of the molecule is NCC1(CN2CCCC(CCO)C2)CCCCCC1. The van der Waals surface area contributed by atoms with Crippen molar-refractivity contribution in [2.75, 3.05) is 32.8 Å². The monoisotopic (exact) mass is 268 g/mol. The average Bonchev–Trinajstić information content (AvgIpc) is 2.66. The van der Waals surface area contributed by atoms with Crippen LogP contribution in [0.1, 0.15) is 57.8 Å². The van der Waals surface area contributed by atoms with E-state index in [2.05, 4.69) is 4.90 Å². The molecule has 1 atom stereocenters. The highest BCUT2D eigenvalue weighted by Gasteiger charge is 2.33. The number of rotatable bonds is 5. The second-order valence-corrected chi connectivity index (χ2v) is 6.87. The Morgan fingerprint density at radius 2 is 1.84 bits per heavy atom. The van der Waals surface area contributed by atoms with Gasteiger partial charge >= 0.3 is 0 Å². The van der Waals surface area contributed by atoms with Crippen molar-refractivity contribution >= 4 is 0 Å². The van der Waals surface area contributed by atoms with Crippen LogP contribution >= 0.6 is 0 Å². The van der Waals surface area contributed by atoms with Crippen molar-refractivity contribution in [1.29, 1.82) is 0 Å². The first kappa shape index (κ1) is 15.3. The maximum atomic E-state index is 9.12.